The molecule has 1 aliphatic carbocycles. The Morgan fingerprint density at radius 2 is 2.03 bits per heavy atom. The molecule has 0 aromatic carbocycles. The molecule has 3 N–H and O–H groups in total. The largest absolute Gasteiger partial charge is 0.490 e. The molecule has 0 radical (unpaired) electrons. The second kappa shape index (κ2) is 9.39. The number of carbonyl (C=O) groups is 2. The normalized spacial score (nSPS) is 18.7. The van der Waals surface area contributed by atoms with Crippen LogP contribution in [0.25, 0.3) is 16.9 Å². The number of rotatable bonds is 4. The van der Waals surface area contributed by atoms with Gasteiger partial charge in [-0.1, -0.05) is 6.07 Å². The highest BCUT2D eigenvalue weighted by molar-refractivity contribution is 5.94. The first kappa shape index (κ1) is 23.6. The van der Waals surface area contributed by atoms with Crippen LogP contribution in [0.15, 0.2) is 48.9 Å². The Hall–Kier alpha value is -3.51. The number of anilines is 1. The molecule has 3 aromatic rings. The number of carboxylic acids is 1. The van der Waals surface area contributed by atoms with Gasteiger partial charge in [0.25, 0.3) is 0 Å². The monoisotopic (exact) mass is 477 g/mol. The Labute approximate surface area is 192 Å². The molecule has 1 spiro atoms. The summed E-state index contributed by atoms with van der Waals surface area (Å²) in [6.07, 6.45) is 2.84. The van der Waals surface area contributed by atoms with E-state index in [4.69, 9.17) is 14.6 Å². The quantitative estimate of drug-likeness (QED) is 0.529. The van der Waals surface area contributed by atoms with Gasteiger partial charge in [-0.2, -0.15) is 13.2 Å². The van der Waals surface area contributed by atoms with Crippen LogP contribution in [0.5, 0.6) is 0 Å². The first-order valence-electron chi connectivity index (χ1n) is 10.5. The zero-order valence-corrected chi connectivity index (χ0v) is 17.9. The summed E-state index contributed by atoms with van der Waals surface area (Å²) < 4.78 is 39.5. The fourth-order valence-corrected chi connectivity index (χ4v) is 3.53. The molecule has 3 aromatic heterocycles. The summed E-state index contributed by atoms with van der Waals surface area (Å²) in [6.45, 7) is 1.41. The van der Waals surface area contributed by atoms with Gasteiger partial charge in [0, 0.05) is 36.2 Å². The van der Waals surface area contributed by atoms with E-state index in [9.17, 15) is 18.0 Å². The molecule has 1 unspecified atom stereocenters. The van der Waals surface area contributed by atoms with Gasteiger partial charge in [0.15, 0.2) is 0 Å². The maximum atomic E-state index is 12.7. The highest BCUT2D eigenvalue weighted by Crippen LogP contribution is 2.38. The number of aliphatic carboxylic acids is 1. The van der Waals surface area contributed by atoms with Gasteiger partial charge in [-0.05, 0) is 37.1 Å². The molecule has 12 heteroatoms. The van der Waals surface area contributed by atoms with Crippen molar-refractivity contribution in [1.82, 2.24) is 19.7 Å². The fraction of sp³-hybridized carbons (Fsp3) is 0.364. The number of pyridine rings is 2. The topological polar surface area (TPSA) is 118 Å². The Morgan fingerprint density at radius 1 is 1.26 bits per heavy atom. The summed E-state index contributed by atoms with van der Waals surface area (Å²) in [7, 11) is 0. The van der Waals surface area contributed by atoms with Crippen LogP contribution in [0.3, 0.4) is 0 Å². The van der Waals surface area contributed by atoms with E-state index >= 15 is 0 Å². The number of carboxylic acid groups (broad SMARTS) is 1. The van der Waals surface area contributed by atoms with Crippen LogP contribution in [0, 0.1) is 0 Å². The van der Waals surface area contributed by atoms with Crippen molar-refractivity contribution in [2.75, 3.05) is 18.5 Å². The lowest BCUT2D eigenvalue weighted by atomic mass is 10.1. The molecule has 1 saturated carbocycles. The summed E-state index contributed by atoms with van der Waals surface area (Å²) in [5.74, 6) is -2.18. The van der Waals surface area contributed by atoms with E-state index in [0.717, 1.165) is 17.8 Å². The van der Waals surface area contributed by atoms with Crippen molar-refractivity contribution in [2.45, 2.75) is 37.1 Å². The highest BCUT2D eigenvalue weighted by atomic mass is 19.4. The average Bonchev–Trinajstić information content (AvgIpc) is 3.47. The van der Waals surface area contributed by atoms with Crippen molar-refractivity contribution in [3.63, 3.8) is 0 Å². The molecule has 2 fully saturated rings. The summed E-state index contributed by atoms with van der Waals surface area (Å²) in [5.41, 5.74) is 2.55. The maximum absolute atomic E-state index is 12.7. The minimum Gasteiger partial charge on any atom is -0.475 e. The third-order valence-electron chi connectivity index (χ3n) is 5.53. The predicted octanol–water partition coefficient (Wildman–Crippen LogP) is 2.88. The van der Waals surface area contributed by atoms with Crippen LogP contribution in [0.2, 0.25) is 0 Å². The van der Waals surface area contributed by atoms with Crippen molar-refractivity contribution in [1.29, 1.82) is 0 Å². The third kappa shape index (κ3) is 5.51. The Bertz CT molecular complexity index is 1170. The highest BCUT2D eigenvalue weighted by Gasteiger charge is 2.46. The molecule has 5 rings (SSSR count). The number of fused-ring (bicyclic) bond motifs is 1. The molecule has 1 saturated heterocycles. The number of morpholine rings is 1. The molecular formula is C22H22F3N5O4. The lowest BCUT2D eigenvalue weighted by Crippen LogP contribution is -2.49. The van der Waals surface area contributed by atoms with Crippen LogP contribution >= 0.6 is 0 Å². The number of hydrogen-bond acceptors (Lipinski definition) is 6. The van der Waals surface area contributed by atoms with E-state index in [1.54, 1.807) is 12.4 Å². The van der Waals surface area contributed by atoms with Gasteiger partial charge in [0.2, 0.25) is 5.91 Å². The number of ether oxygens (including phenoxy) is 1. The van der Waals surface area contributed by atoms with Crippen LogP contribution in [-0.4, -0.2) is 62.3 Å². The Balaban J connectivity index is 0.000000344. The van der Waals surface area contributed by atoms with Gasteiger partial charge in [-0.25, -0.2) is 9.78 Å². The fourth-order valence-electron chi connectivity index (χ4n) is 3.53. The van der Waals surface area contributed by atoms with E-state index < -0.39 is 12.1 Å². The van der Waals surface area contributed by atoms with Crippen LogP contribution in [-0.2, 0) is 14.3 Å². The molecule has 34 heavy (non-hydrogen) atoms. The van der Waals surface area contributed by atoms with Crippen LogP contribution < -0.4 is 10.6 Å². The molecule has 1 amide bonds. The Kier molecular flexibility index (Phi) is 6.53. The zero-order valence-electron chi connectivity index (χ0n) is 17.9. The number of nitrogens with one attached hydrogen (secondary N) is 2. The van der Waals surface area contributed by atoms with Crippen molar-refractivity contribution in [3.05, 3.63) is 48.9 Å². The molecule has 1 atom stereocenters. The second-order valence-electron chi connectivity index (χ2n) is 8.13. The summed E-state index contributed by atoms with van der Waals surface area (Å²) in [4.78, 5) is 30.5. The van der Waals surface area contributed by atoms with E-state index in [1.807, 2.05) is 40.9 Å². The standard InChI is InChI=1S/C20H21N5O2.C2HF3O2/c26-17(10-15-12-22-20(6-7-20)13-27-15)24-19-18(14-4-3-8-21-11-14)23-16-5-1-2-9-25(16)19;3-2(4,5)1(6)7/h1-5,8-9,11,15,22H,6-7,10,12-13H2,(H,24,26);(H,6,7). The molecule has 1 aliphatic heterocycles. The lowest BCUT2D eigenvalue weighted by Gasteiger charge is -2.30. The van der Waals surface area contributed by atoms with E-state index in [-0.39, 0.29) is 17.6 Å². The first-order valence-corrected chi connectivity index (χ1v) is 10.5. The van der Waals surface area contributed by atoms with Crippen molar-refractivity contribution >= 4 is 23.3 Å². The van der Waals surface area contributed by atoms with Gasteiger partial charge in [0.1, 0.15) is 17.2 Å². The number of alkyl halides is 3. The first-order chi connectivity index (χ1) is 16.2. The smallest absolute Gasteiger partial charge is 0.475 e. The van der Waals surface area contributed by atoms with Crippen molar-refractivity contribution in [2.24, 2.45) is 0 Å². The number of aromatic nitrogens is 3. The van der Waals surface area contributed by atoms with Gasteiger partial charge >= 0.3 is 12.1 Å². The molecule has 2 aliphatic rings. The van der Waals surface area contributed by atoms with Crippen LogP contribution in [0.4, 0.5) is 19.0 Å². The molecule has 0 bridgehead atoms. The number of imidazole rings is 1. The van der Waals surface area contributed by atoms with Gasteiger partial charge in [-0.3, -0.25) is 14.2 Å². The number of carbonyl (C=O) groups excluding carboxylic acids is 1. The summed E-state index contributed by atoms with van der Waals surface area (Å²) in [5, 5.41) is 13.7. The van der Waals surface area contributed by atoms with Crippen LogP contribution in [0.1, 0.15) is 19.3 Å². The SMILES string of the molecule is O=C(CC1CNC2(CC2)CO1)Nc1c(-c2cccnc2)nc2ccccn12.O=C(O)C(F)(F)F. The van der Waals surface area contributed by atoms with E-state index in [1.165, 1.54) is 12.8 Å². The van der Waals surface area contributed by atoms with E-state index in [2.05, 4.69) is 20.6 Å². The van der Waals surface area contributed by atoms with Crippen molar-refractivity contribution < 1.29 is 32.6 Å². The summed E-state index contributed by atoms with van der Waals surface area (Å²) in [6, 6.07) is 9.56. The molecular weight excluding hydrogens is 455 g/mol. The third-order valence-corrected chi connectivity index (χ3v) is 5.53. The van der Waals surface area contributed by atoms with Gasteiger partial charge in [0.05, 0.1) is 19.1 Å². The second-order valence-corrected chi connectivity index (χ2v) is 8.13. The molecule has 4 heterocycles. The number of amides is 1. The average molecular weight is 477 g/mol. The minimum absolute atomic E-state index is 0.0793. The number of halogens is 3. The zero-order chi connectivity index (χ0) is 24.3. The minimum atomic E-state index is -5.08. The number of nitrogens with zero attached hydrogens (tertiary/aromatic N) is 3. The summed E-state index contributed by atoms with van der Waals surface area (Å²) >= 11 is 0. The van der Waals surface area contributed by atoms with Gasteiger partial charge in [-0.15, -0.1) is 0 Å². The number of hydrogen-bond donors (Lipinski definition) is 3. The maximum Gasteiger partial charge on any atom is 0.490 e. The lowest BCUT2D eigenvalue weighted by molar-refractivity contribution is -0.192. The van der Waals surface area contributed by atoms with Gasteiger partial charge < -0.3 is 20.5 Å². The molecule has 180 valence electrons. The Morgan fingerprint density at radius 3 is 2.62 bits per heavy atom. The van der Waals surface area contributed by atoms with Crippen molar-refractivity contribution in [3.8, 4) is 11.3 Å². The predicted molar refractivity (Wildman–Crippen MR) is 115 cm³/mol. The van der Waals surface area contributed by atoms with E-state index in [0.29, 0.717) is 24.5 Å². The molecule has 9 nitrogen and oxygen atoms in total.